The van der Waals surface area contributed by atoms with Gasteiger partial charge in [0.1, 0.15) is 6.10 Å². The zero-order valence-corrected chi connectivity index (χ0v) is 12.5. The first-order valence-corrected chi connectivity index (χ1v) is 7.94. The molecule has 19 heavy (non-hydrogen) atoms. The minimum Gasteiger partial charge on any atom is -0.383 e. The predicted molar refractivity (Wildman–Crippen MR) is 81.2 cm³/mol. The highest BCUT2D eigenvalue weighted by Gasteiger charge is 2.21. The fourth-order valence-corrected chi connectivity index (χ4v) is 3.78. The molecular formula is C16H17ClOS. The maximum Gasteiger partial charge on any atom is 0.115 e. The summed E-state index contributed by atoms with van der Waals surface area (Å²) in [6.07, 6.45) is 3.34. The van der Waals surface area contributed by atoms with Gasteiger partial charge in [-0.1, -0.05) is 42.3 Å². The fraction of sp³-hybridized carbons (Fsp3) is 0.375. The molecule has 1 aromatic carbocycles. The highest BCUT2D eigenvalue weighted by Crippen LogP contribution is 2.38. The Balaban J connectivity index is 1.83. The van der Waals surface area contributed by atoms with E-state index in [0.717, 1.165) is 21.9 Å². The minimum absolute atomic E-state index is 0.610. The van der Waals surface area contributed by atoms with Gasteiger partial charge in [-0.3, -0.25) is 0 Å². The number of aliphatic hydroxyl groups excluding tert-OH is 1. The molecule has 1 saturated carbocycles. The molecule has 3 rings (SSSR count). The highest BCUT2D eigenvalue weighted by molar-refractivity contribution is 7.10. The Hall–Kier alpha value is -0.830. The number of rotatable bonds is 3. The number of aliphatic hydroxyl groups is 1. The van der Waals surface area contributed by atoms with E-state index in [1.165, 1.54) is 36.2 Å². The molecule has 1 N–H and O–H groups in total. The summed E-state index contributed by atoms with van der Waals surface area (Å²) in [4.78, 5) is 0.843. The van der Waals surface area contributed by atoms with Crippen LogP contribution in [0.25, 0.3) is 0 Å². The van der Waals surface area contributed by atoms with E-state index in [9.17, 15) is 5.11 Å². The molecule has 0 radical (unpaired) electrons. The van der Waals surface area contributed by atoms with Gasteiger partial charge in [-0.25, -0.2) is 0 Å². The van der Waals surface area contributed by atoms with E-state index < -0.39 is 6.10 Å². The monoisotopic (exact) mass is 292 g/mol. The third-order valence-corrected chi connectivity index (χ3v) is 5.77. The van der Waals surface area contributed by atoms with Gasteiger partial charge >= 0.3 is 0 Å². The Bertz CT molecular complexity index is 569. The summed E-state index contributed by atoms with van der Waals surface area (Å²) in [6, 6.07) is 8.36. The topological polar surface area (TPSA) is 20.2 Å². The van der Waals surface area contributed by atoms with Crippen LogP contribution in [0.3, 0.4) is 0 Å². The molecule has 1 aliphatic rings. The average molecular weight is 293 g/mol. The molecule has 1 atom stereocenters. The lowest BCUT2D eigenvalue weighted by Gasteiger charge is -2.26. The Morgan fingerprint density at radius 1 is 1.26 bits per heavy atom. The lowest BCUT2D eigenvalue weighted by molar-refractivity contribution is 0.224. The summed E-state index contributed by atoms with van der Waals surface area (Å²) in [7, 11) is 0. The van der Waals surface area contributed by atoms with Crippen LogP contribution in [0, 0.1) is 6.92 Å². The Kier molecular flexibility index (Phi) is 3.66. The van der Waals surface area contributed by atoms with Crippen molar-refractivity contribution in [3.8, 4) is 0 Å². The number of hydrogen-bond donors (Lipinski definition) is 1. The van der Waals surface area contributed by atoms with Crippen LogP contribution >= 0.6 is 22.9 Å². The van der Waals surface area contributed by atoms with E-state index in [0.29, 0.717) is 5.02 Å². The predicted octanol–water partition coefficient (Wildman–Crippen LogP) is 5.06. The smallest absolute Gasteiger partial charge is 0.115 e. The van der Waals surface area contributed by atoms with Crippen molar-refractivity contribution >= 4 is 22.9 Å². The van der Waals surface area contributed by atoms with Gasteiger partial charge in [0, 0.05) is 0 Å². The normalized spacial score (nSPS) is 17.2. The van der Waals surface area contributed by atoms with Crippen molar-refractivity contribution in [3.63, 3.8) is 0 Å². The number of hydrogen-bond acceptors (Lipinski definition) is 2. The molecule has 1 unspecified atom stereocenters. The summed E-state index contributed by atoms with van der Waals surface area (Å²) in [5.74, 6) is 0.735. The number of halogens is 1. The van der Waals surface area contributed by atoms with Crippen molar-refractivity contribution < 1.29 is 5.11 Å². The standard InChI is InChI=1S/C16H17ClOS/c1-10-9-19-16(14(10)17)15(18)13-7-5-12(6-8-13)11-3-2-4-11/h5-9,11,15,18H,2-4H2,1H3. The molecule has 2 aromatic rings. The van der Waals surface area contributed by atoms with Crippen LogP contribution in [0.15, 0.2) is 29.6 Å². The molecule has 1 nitrogen and oxygen atoms in total. The van der Waals surface area contributed by atoms with E-state index in [1.54, 1.807) is 0 Å². The Morgan fingerprint density at radius 2 is 1.95 bits per heavy atom. The zero-order valence-electron chi connectivity index (χ0n) is 10.9. The van der Waals surface area contributed by atoms with Crippen molar-refractivity contribution in [1.82, 2.24) is 0 Å². The van der Waals surface area contributed by atoms with E-state index in [2.05, 4.69) is 12.1 Å². The first-order valence-electron chi connectivity index (χ1n) is 6.68. The van der Waals surface area contributed by atoms with E-state index in [4.69, 9.17) is 11.6 Å². The Morgan fingerprint density at radius 3 is 2.42 bits per heavy atom. The minimum atomic E-state index is -0.610. The molecule has 100 valence electrons. The second-order valence-electron chi connectivity index (χ2n) is 5.29. The lowest BCUT2D eigenvalue weighted by Crippen LogP contribution is -2.08. The van der Waals surface area contributed by atoms with Gasteiger partial charge in [0.05, 0.1) is 9.90 Å². The van der Waals surface area contributed by atoms with Gasteiger partial charge in [0.15, 0.2) is 0 Å². The van der Waals surface area contributed by atoms with Crippen molar-refractivity contribution in [2.75, 3.05) is 0 Å². The molecule has 3 heteroatoms. The van der Waals surface area contributed by atoms with Crippen LogP contribution in [-0.4, -0.2) is 5.11 Å². The summed E-state index contributed by atoms with van der Waals surface area (Å²) in [6.45, 7) is 1.97. The number of aryl methyl sites for hydroxylation is 1. The van der Waals surface area contributed by atoms with Gasteiger partial charge in [-0.05, 0) is 47.8 Å². The van der Waals surface area contributed by atoms with Crippen LogP contribution in [0.2, 0.25) is 5.02 Å². The number of thiophene rings is 1. The summed E-state index contributed by atoms with van der Waals surface area (Å²) in [5, 5.41) is 13.1. The van der Waals surface area contributed by atoms with Crippen LogP contribution in [-0.2, 0) is 0 Å². The van der Waals surface area contributed by atoms with Crippen LogP contribution in [0.1, 0.15) is 52.9 Å². The van der Waals surface area contributed by atoms with E-state index in [1.807, 2.05) is 24.4 Å². The molecule has 0 aliphatic heterocycles. The molecule has 1 aromatic heterocycles. The first kappa shape index (κ1) is 13.2. The quantitative estimate of drug-likeness (QED) is 0.838. The summed E-state index contributed by atoms with van der Waals surface area (Å²) < 4.78 is 0. The molecule has 1 fully saturated rings. The van der Waals surface area contributed by atoms with Crippen molar-refractivity contribution in [2.45, 2.75) is 38.2 Å². The second-order valence-corrected chi connectivity index (χ2v) is 6.58. The van der Waals surface area contributed by atoms with Crippen LogP contribution in [0.4, 0.5) is 0 Å². The molecule has 1 aliphatic carbocycles. The number of benzene rings is 1. The molecule has 1 heterocycles. The van der Waals surface area contributed by atoms with Gasteiger partial charge in [-0.2, -0.15) is 0 Å². The van der Waals surface area contributed by atoms with E-state index >= 15 is 0 Å². The molecular weight excluding hydrogens is 276 g/mol. The molecule has 0 spiro atoms. The summed E-state index contributed by atoms with van der Waals surface area (Å²) >= 11 is 7.74. The maximum atomic E-state index is 10.4. The van der Waals surface area contributed by atoms with Gasteiger partial charge in [0.2, 0.25) is 0 Å². The molecule has 0 bridgehead atoms. The maximum absolute atomic E-state index is 10.4. The van der Waals surface area contributed by atoms with Crippen LogP contribution in [0.5, 0.6) is 0 Å². The summed E-state index contributed by atoms with van der Waals surface area (Å²) in [5.41, 5.74) is 3.36. The fourth-order valence-electron chi connectivity index (χ4n) is 2.48. The lowest BCUT2D eigenvalue weighted by atomic mass is 9.80. The van der Waals surface area contributed by atoms with E-state index in [-0.39, 0.29) is 0 Å². The zero-order chi connectivity index (χ0) is 13.4. The average Bonchev–Trinajstić information content (AvgIpc) is 2.68. The van der Waals surface area contributed by atoms with Crippen molar-refractivity contribution in [1.29, 1.82) is 0 Å². The largest absolute Gasteiger partial charge is 0.383 e. The van der Waals surface area contributed by atoms with Gasteiger partial charge in [0.25, 0.3) is 0 Å². The van der Waals surface area contributed by atoms with Gasteiger partial charge < -0.3 is 5.11 Å². The highest BCUT2D eigenvalue weighted by atomic mass is 35.5. The third kappa shape index (κ3) is 2.45. The van der Waals surface area contributed by atoms with Crippen molar-refractivity contribution in [3.05, 3.63) is 56.2 Å². The third-order valence-electron chi connectivity index (χ3n) is 4.00. The van der Waals surface area contributed by atoms with Crippen molar-refractivity contribution in [2.24, 2.45) is 0 Å². The second kappa shape index (κ2) is 5.28. The first-order chi connectivity index (χ1) is 9.16. The molecule has 0 amide bonds. The van der Waals surface area contributed by atoms with Crippen LogP contribution < -0.4 is 0 Å². The van der Waals surface area contributed by atoms with Gasteiger partial charge in [-0.15, -0.1) is 11.3 Å². The SMILES string of the molecule is Cc1csc(C(O)c2ccc(C3CCC3)cc2)c1Cl. The Labute approximate surface area is 122 Å². The molecule has 0 saturated heterocycles.